The molecule has 0 aliphatic carbocycles. The molecule has 0 bridgehead atoms. The Morgan fingerprint density at radius 1 is 0.391 bits per heavy atom. The van der Waals surface area contributed by atoms with E-state index in [9.17, 15) is 0 Å². The van der Waals surface area contributed by atoms with Crippen LogP contribution >= 0.6 is 0 Å². The molecule has 3 aromatic carbocycles. The first-order chi connectivity index (χ1) is 22.8. The number of furan rings is 2. The summed E-state index contributed by atoms with van der Waals surface area (Å²) in [5.74, 6) is 0. The molecule has 214 valence electrons. The van der Waals surface area contributed by atoms with Crippen LogP contribution in [0, 0.1) is 0 Å². The van der Waals surface area contributed by atoms with E-state index in [2.05, 4.69) is 77.6 Å². The maximum Gasteiger partial charge on any atom is 0.136 e. The molecule has 0 fully saturated rings. The molecule has 8 aromatic heterocycles. The van der Waals surface area contributed by atoms with Crippen molar-refractivity contribution in [2.24, 2.45) is 0 Å². The smallest absolute Gasteiger partial charge is 0.136 e. The van der Waals surface area contributed by atoms with Gasteiger partial charge in [-0.15, -0.1) is 0 Å². The van der Waals surface area contributed by atoms with Crippen molar-refractivity contribution in [3.8, 4) is 11.4 Å². The molecular weight excluding hydrogens is 572 g/mol. The maximum atomic E-state index is 6.45. The van der Waals surface area contributed by atoms with Crippen LogP contribution in [0.2, 0.25) is 0 Å². The Morgan fingerprint density at radius 3 is 1.11 bits per heavy atom. The van der Waals surface area contributed by atoms with Crippen LogP contribution in [0.25, 0.3) is 99.4 Å². The predicted molar refractivity (Wildman–Crippen MR) is 181 cm³/mol. The average Bonchev–Trinajstić information content (AvgIpc) is 3.85. The van der Waals surface area contributed by atoms with Gasteiger partial charge in [-0.1, -0.05) is 0 Å². The van der Waals surface area contributed by atoms with Crippen LogP contribution < -0.4 is 0 Å². The van der Waals surface area contributed by atoms with E-state index >= 15 is 0 Å². The normalized spacial score (nSPS) is 12.3. The number of rotatable bonds is 2. The number of nitrogens with zero attached hydrogens (tertiary/aromatic N) is 6. The summed E-state index contributed by atoms with van der Waals surface area (Å²) in [7, 11) is 0. The van der Waals surface area contributed by atoms with E-state index in [1.807, 2.05) is 73.3 Å². The van der Waals surface area contributed by atoms with Gasteiger partial charge in [0.1, 0.15) is 44.4 Å². The van der Waals surface area contributed by atoms with Crippen molar-refractivity contribution in [1.82, 2.24) is 29.1 Å². The van der Waals surface area contributed by atoms with Gasteiger partial charge in [0.15, 0.2) is 0 Å². The fraction of sp³-hybridized carbons (Fsp3) is 0. The fourth-order valence-electron chi connectivity index (χ4n) is 7.24. The molecule has 0 N–H and O–H groups in total. The SMILES string of the molecule is c1cnc2c3ncccc3n(-c3ccc4oc5ccc6oc7ccc(-n8c9cccnc9c9ncccc98)cc7c6c5c4c3)c2c1. The zero-order valence-electron chi connectivity index (χ0n) is 24.0. The van der Waals surface area contributed by atoms with Crippen molar-refractivity contribution in [2.45, 2.75) is 0 Å². The van der Waals surface area contributed by atoms with Gasteiger partial charge < -0.3 is 18.0 Å². The van der Waals surface area contributed by atoms with Crippen molar-refractivity contribution in [1.29, 1.82) is 0 Å². The Morgan fingerprint density at radius 2 is 0.739 bits per heavy atom. The summed E-state index contributed by atoms with van der Waals surface area (Å²) in [6.07, 6.45) is 7.26. The third kappa shape index (κ3) is 3.02. The second-order valence-electron chi connectivity index (χ2n) is 11.5. The summed E-state index contributed by atoms with van der Waals surface area (Å²) in [6.45, 7) is 0. The third-order valence-corrected chi connectivity index (χ3v) is 9.11. The van der Waals surface area contributed by atoms with Crippen LogP contribution in [-0.2, 0) is 0 Å². The van der Waals surface area contributed by atoms with Crippen molar-refractivity contribution < 1.29 is 8.83 Å². The minimum atomic E-state index is 0.809. The van der Waals surface area contributed by atoms with Gasteiger partial charge in [0.25, 0.3) is 0 Å². The lowest BCUT2D eigenvalue weighted by atomic mass is 10.0. The van der Waals surface area contributed by atoms with Gasteiger partial charge in [0.05, 0.1) is 22.1 Å². The van der Waals surface area contributed by atoms with E-state index in [-0.39, 0.29) is 0 Å². The number of hydrogen-bond acceptors (Lipinski definition) is 6. The first-order valence-corrected chi connectivity index (χ1v) is 15.0. The van der Waals surface area contributed by atoms with E-state index < -0.39 is 0 Å². The van der Waals surface area contributed by atoms with Crippen LogP contribution in [0.5, 0.6) is 0 Å². The lowest BCUT2D eigenvalue weighted by molar-refractivity contribution is 0.663. The highest BCUT2D eigenvalue weighted by molar-refractivity contribution is 6.26. The van der Waals surface area contributed by atoms with Gasteiger partial charge in [-0.05, 0) is 97.1 Å². The molecule has 0 saturated carbocycles. The molecular formula is C38H20N6O2. The summed E-state index contributed by atoms with van der Waals surface area (Å²) in [4.78, 5) is 18.7. The summed E-state index contributed by atoms with van der Waals surface area (Å²) in [5.41, 5.74) is 12.8. The van der Waals surface area contributed by atoms with Crippen LogP contribution in [-0.4, -0.2) is 29.1 Å². The highest BCUT2D eigenvalue weighted by Gasteiger charge is 2.20. The van der Waals surface area contributed by atoms with Gasteiger partial charge in [0, 0.05) is 57.7 Å². The maximum absolute atomic E-state index is 6.45. The number of pyridine rings is 4. The molecule has 0 aliphatic heterocycles. The van der Waals surface area contributed by atoms with Crippen molar-refractivity contribution in [2.75, 3.05) is 0 Å². The Labute approximate surface area is 258 Å². The third-order valence-electron chi connectivity index (χ3n) is 9.11. The summed E-state index contributed by atoms with van der Waals surface area (Å²) < 4.78 is 17.3. The molecule has 8 heterocycles. The molecule has 8 heteroatoms. The molecule has 0 spiro atoms. The zero-order chi connectivity index (χ0) is 29.9. The molecule has 8 nitrogen and oxygen atoms in total. The average molecular weight is 593 g/mol. The molecule has 11 aromatic rings. The van der Waals surface area contributed by atoms with E-state index in [0.29, 0.717) is 0 Å². The highest BCUT2D eigenvalue weighted by Crippen LogP contribution is 2.42. The molecule has 0 unspecified atom stereocenters. The minimum Gasteiger partial charge on any atom is -0.456 e. The van der Waals surface area contributed by atoms with Crippen LogP contribution in [0.3, 0.4) is 0 Å². The highest BCUT2D eigenvalue weighted by atomic mass is 16.3. The Bertz CT molecular complexity index is 2740. The van der Waals surface area contributed by atoms with E-state index in [4.69, 9.17) is 8.83 Å². The number of hydrogen-bond donors (Lipinski definition) is 0. The quantitative estimate of drug-likeness (QED) is 0.199. The van der Waals surface area contributed by atoms with Crippen LogP contribution in [0.4, 0.5) is 0 Å². The Kier molecular flexibility index (Phi) is 4.43. The monoisotopic (exact) mass is 592 g/mol. The second-order valence-corrected chi connectivity index (χ2v) is 11.5. The molecule has 0 amide bonds. The second kappa shape index (κ2) is 8.55. The molecule has 46 heavy (non-hydrogen) atoms. The fourth-order valence-corrected chi connectivity index (χ4v) is 7.24. The molecule has 0 radical (unpaired) electrons. The lowest BCUT2D eigenvalue weighted by Gasteiger charge is -2.08. The molecule has 11 rings (SSSR count). The van der Waals surface area contributed by atoms with E-state index in [0.717, 1.165) is 99.4 Å². The van der Waals surface area contributed by atoms with Crippen molar-refractivity contribution in [3.63, 3.8) is 0 Å². The summed E-state index contributed by atoms with van der Waals surface area (Å²) in [5, 5.41) is 4.07. The summed E-state index contributed by atoms with van der Waals surface area (Å²) >= 11 is 0. The lowest BCUT2D eigenvalue weighted by Crippen LogP contribution is -1.94. The standard InChI is InChI=1S/C38H20N6O2/c1-5-25-35(39-15-1)36-26(6-2-16-40-36)43(25)21-9-11-29-23(19-21)33-31(45-29)13-14-32-34(33)24-20-22(10-12-30(24)46-32)44-27-7-3-17-41-37(27)38-28(44)8-4-18-42-38/h1-20H. The van der Waals surface area contributed by atoms with Crippen molar-refractivity contribution in [3.05, 3.63) is 122 Å². The molecule has 0 aliphatic rings. The molecule has 0 atom stereocenters. The van der Waals surface area contributed by atoms with Gasteiger partial charge in [-0.3, -0.25) is 19.9 Å². The minimum absolute atomic E-state index is 0.809. The zero-order valence-corrected chi connectivity index (χ0v) is 24.0. The first-order valence-electron chi connectivity index (χ1n) is 15.0. The van der Waals surface area contributed by atoms with Gasteiger partial charge >= 0.3 is 0 Å². The number of benzene rings is 3. The number of fused-ring (bicyclic) bond motifs is 13. The summed E-state index contributed by atoms with van der Waals surface area (Å²) in [6, 6.07) is 32.9. The van der Waals surface area contributed by atoms with Crippen molar-refractivity contribution >= 4 is 88.0 Å². The van der Waals surface area contributed by atoms with E-state index in [1.165, 1.54) is 0 Å². The Balaban J connectivity index is 1.22. The predicted octanol–water partition coefficient (Wildman–Crippen LogP) is 9.26. The van der Waals surface area contributed by atoms with Crippen LogP contribution in [0.1, 0.15) is 0 Å². The topological polar surface area (TPSA) is 87.7 Å². The van der Waals surface area contributed by atoms with E-state index in [1.54, 1.807) is 0 Å². The van der Waals surface area contributed by atoms with Gasteiger partial charge in [-0.2, -0.15) is 0 Å². The van der Waals surface area contributed by atoms with Crippen LogP contribution in [0.15, 0.2) is 131 Å². The first kappa shape index (κ1) is 23.9. The number of aromatic nitrogens is 6. The van der Waals surface area contributed by atoms with Gasteiger partial charge in [-0.25, -0.2) is 0 Å². The Hall–Kier alpha value is -6.54. The van der Waals surface area contributed by atoms with Gasteiger partial charge in [0.2, 0.25) is 0 Å². The largest absolute Gasteiger partial charge is 0.456 e. The molecule has 0 saturated heterocycles.